The van der Waals surface area contributed by atoms with E-state index in [4.69, 9.17) is 0 Å². The van der Waals surface area contributed by atoms with Crippen molar-refractivity contribution in [3.8, 4) is 0 Å². The normalized spacial score (nSPS) is 32.1. The second-order valence-electron chi connectivity index (χ2n) is 4.76. The summed E-state index contributed by atoms with van der Waals surface area (Å²) < 4.78 is 23.8. The number of fused-ring (bicyclic) bond motifs is 1. The molecule has 1 heterocycles. The molecule has 1 aliphatic carbocycles. The molecule has 0 amide bonds. The first-order chi connectivity index (χ1) is 7.54. The van der Waals surface area contributed by atoms with E-state index in [-0.39, 0.29) is 11.7 Å². The molecular weight excluding hydrogens is 224 g/mol. The van der Waals surface area contributed by atoms with Gasteiger partial charge in [-0.3, -0.25) is 0 Å². The van der Waals surface area contributed by atoms with Crippen molar-refractivity contribution in [2.24, 2.45) is 5.92 Å². The first-order valence-electron chi connectivity index (χ1n) is 5.59. The Morgan fingerprint density at radius 3 is 2.62 bits per heavy atom. The Morgan fingerprint density at radius 1 is 1.25 bits per heavy atom. The summed E-state index contributed by atoms with van der Waals surface area (Å²) in [7, 11) is -3.18. The van der Waals surface area contributed by atoms with Crippen molar-refractivity contribution in [1.29, 1.82) is 0 Å². The van der Waals surface area contributed by atoms with Crippen LogP contribution in [-0.2, 0) is 15.4 Å². The van der Waals surface area contributed by atoms with Gasteiger partial charge >= 0.3 is 0 Å². The van der Waals surface area contributed by atoms with E-state index >= 15 is 0 Å². The summed E-state index contributed by atoms with van der Waals surface area (Å²) >= 11 is 0. The van der Waals surface area contributed by atoms with Gasteiger partial charge < -0.3 is 5.11 Å². The maximum Gasteiger partial charge on any atom is 0.178 e. The molecule has 4 heteroatoms. The molecule has 1 atom stereocenters. The maximum absolute atomic E-state index is 11.9. The standard InChI is InChI=1S/C12H14O3S/c13-12(9-5-6-9)7-8-16(14,15)11-4-2-1-3-10(11)12/h1-4,9,13H,5-8H2. The van der Waals surface area contributed by atoms with Crippen LogP contribution in [0.15, 0.2) is 29.2 Å². The third kappa shape index (κ3) is 1.33. The highest BCUT2D eigenvalue weighted by atomic mass is 32.2. The number of rotatable bonds is 1. The lowest BCUT2D eigenvalue weighted by molar-refractivity contribution is 0.00471. The quantitative estimate of drug-likeness (QED) is 0.806. The van der Waals surface area contributed by atoms with Crippen LogP contribution in [0.2, 0.25) is 0 Å². The molecule has 1 unspecified atom stereocenters. The summed E-state index contributed by atoms with van der Waals surface area (Å²) in [6.45, 7) is 0. The zero-order chi connectivity index (χ0) is 11.4. The molecule has 1 aromatic carbocycles. The average Bonchev–Trinajstić information content (AvgIpc) is 3.09. The molecule has 1 aromatic rings. The highest BCUT2D eigenvalue weighted by Gasteiger charge is 2.49. The lowest BCUT2D eigenvalue weighted by Crippen LogP contribution is -2.37. The van der Waals surface area contributed by atoms with Gasteiger partial charge in [-0.1, -0.05) is 18.2 Å². The van der Waals surface area contributed by atoms with Crippen molar-refractivity contribution in [2.45, 2.75) is 29.8 Å². The second-order valence-corrected chi connectivity index (χ2v) is 6.84. The van der Waals surface area contributed by atoms with Gasteiger partial charge in [0.25, 0.3) is 0 Å². The Bertz CT molecular complexity index is 531. The SMILES string of the molecule is O=S1(=O)CCC(O)(C2CC2)c2ccccc21. The molecule has 3 rings (SSSR count). The van der Waals surface area contributed by atoms with Crippen LogP contribution in [-0.4, -0.2) is 19.3 Å². The van der Waals surface area contributed by atoms with E-state index in [2.05, 4.69) is 0 Å². The third-order valence-electron chi connectivity index (χ3n) is 3.69. The molecular formula is C12H14O3S. The van der Waals surface area contributed by atoms with E-state index in [9.17, 15) is 13.5 Å². The van der Waals surface area contributed by atoms with Crippen molar-refractivity contribution >= 4 is 9.84 Å². The van der Waals surface area contributed by atoms with Gasteiger partial charge in [0.1, 0.15) is 0 Å². The van der Waals surface area contributed by atoms with Gasteiger partial charge in [0.05, 0.1) is 16.2 Å². The van der Waals surface area contributed by atoms with Gasteiger partial charge in [-0.2, -0.15) is 0 Å². The summed E-state index contributed by atoms with van der Waals surface area (Å²) in [4.78, 5) is 0.329. The van der Waals surface area contributed by atoms with E-state index < -0.39 is 15.4 Å². The van der Waals surface area contributed by atoms with Crippen LogP contribution in [0.1, 0.15) is 24.8 Å². The summed E-state index contributed by atoms with van der Waals surface area (Å²) in [5.74, 6) is 0.320. The minimum Gasteiger partial charge on any atom is -0.385 e. The molecule has 1 fully saturated rings. The molecule has 3 nitrogen and oxygen atoms in total. The molecule has 1 saturated carbocycles. The van der Waals surface area contributed by atoms with Crippen molar-refractivity contribution in [3.63, 3.8) is 0 Å². The van der Waals surface area contributed by atoms with Crippen LogP contribution >= 0.6 is 0 Å². The maximum atomic E-state index is 11.9. The van der Waals surface area contributed by atoms with Crippen molar-refractivity contribution < 1.29 is 13.5 Å². The highest BCUT2D eigenvalue weighted by molar-refractivity contribution is 7.91. The minimum atomic E-state index is -3.18. The minimum absolute atomic E-state index is 0.0665. The molecule has 86 valence electrons. The monoisotopic (exact) mass is 238 g/mol. The first kappa shape index (κ1) is 10.3. The topological polar surface area (TPSA) is 54.4 Å². The van der Waals surface area contributed by atoms with Crippen LogP contribution < -0.4 is 0 Å². The van der Waals surface area contributed by atoms with Crippen LogP contribution in [0, 0.1) is 5.92 Å². The first-order valence-corrected chi connectivity index (χ1v) is 7.24. The summed E-state index contributed by atoms with van der Waals surface area (Å²) in [6, 6.07) is 6.88. The van der Waals surface area contributed by atoms with Crippen LogP contribution in [0.25, 0.3) is 0 Å². The van der Waals surface area contributed by atoms with Crippen molar-refractivity contribution in [1.82, 2.24) is 0 Å². The van der Waals surface area contributed by atoms with E-state index in [1.165, 1.54) is 0 Å². The average molecular weight is 238 g/mol. The zero-order valence-corrected chi connectivity index (χ0v) is 9.70. The van der Waals surface area contributed by atoms with E-state index in [1.807, 2.05) is 0 Å². The lowest BCUT2D eigenvalue weighted by Gasteiger charge is -2.34. The molecule has 16 heavy (non-hydrogen) atoms. The third-order valence-corrected chi connectivity index (χ3v) is 5.46. The Balaban J connectivity index is 2.23. The summed E-state index contributed by atoms with van der Waals surface area (Å²) in [5.41, 5.74) is -0.286. The summed E-state index contributed by atoms with van der Waals surface area (Å²) in [6.07, 6.45) is 2.35. The largest absolute Gasteiger partial charge is 0.385 e. The predicted molar refractivity (Wildman–Crippen MR) is 59.7 cm³/mol. The molecule has 0 bridgehead atoms. The zero-order valence-electron chi connectivity index (χ0n) is 8.89. The number of benzene rings is 1. The molecule has 1 N–H and O–H groups in total. The molecule has 0 radical (unpaired) electrons. The fourth-order valence-electron chi connectivity index (χ4n) is 2.62. The molecule has 0 saturated heterocycles. The Labute approximate surface area is 95.0 Å². The molecule has 0 spiro atoms. The van der Waals surface area contributed by atoms with E-state index in [0.29, 0.717) is 16.9 Å². The number of sulfone groups is 1. The second kappa shape index (κ2) is 3.08. The number of hydrogen-bond acceptors (Lipinski definition) is 3. The lowest BCUT2D eigenvalue weighted by atomic mass is 9.86. The molecule has 1 aliphatic heterocycles. The molecule has 2 aliphatic rings. The molecule has 0 aromatic heterocycles. The fraction of sp³-hybridized carbons (Fsp3) is 0.500. The van der Waals surface area contributed by atoms with Gasteiger partial charge in [0.2, 0.25) is 0 Å². The number of aliphatic hydroxyl groups is 1. The predicted octanol–water partition coefficient (Wildman–Crippen LogP) is 1.46. The summed E-state index contributed by atoms with van der Waals surface area (Å²) in [5, 5.41) is 10.6. The van der Waals surface area contributed by atoms with Gasteiger partial charge in [-0.25, -0.2) is 8.42 Å². The van der Waals surface area contributed by atoms with Crippen LogP contribution in [0.5, 0.6) is 0 Å². The van der Waals surface area contributed by atoms with Gasteiger partial charge in [-0.15, -0.1) is 0 Å². The fourth-order valence-corrected chi connectivity index (χ4v) is 4.28. The van der Waals surface area contributed by atoms with Crippen molar-refractivity contribution in [3.05, 3.63) is 29.8 Å². The van der Waals surface area contributed by atoms with Crippen molar-refractivity contribution in [2.75, 3.05) is 5.75 Å². The Morgan fingerprint density at radius 2 is 1.94 bits per heavy atom. The van der Waals surface area contributed by atoms with E-state index in [1.54, 1.807) is 24.3 Å². The van der Waals surface area contributed by atoms with Gasteiger partial charge in [0.15, 0.2) is 9.84 Å². The smallest absolute Gasteiger partial charge is 0.178 e. The van der Waals surface area contributed by atoms with Gasteiger partial charge in [0, 0.05) is 5.56 Å². The highest BCUT2D eigenvalue weighted by Crippen LogP contribution is 2.51. The Hall–Kier alpha value is -0.870. The van der Waals surface area contributed by atoms with Crippen LogP contribution in [0.4, 0.5) is 0 Å². The van der Waals surface area contributed by atoms with Gasteiger partial charge in [-0.05, 0) is 31.2 Å². The van der Waals surface area contributed by atoms with Crippen LogP contribution in [0.3, 0.4) is 0 Å². The Kier molecular flexibility index (Phi) is 1.98. The number of hydrogen-bond donors (Lipinski definition) is 1. The van der Waals surface area contributed by atoms with E-state index in [0.717, 1.165) is 12.8 Å².